The third-order valence-electron chi connectivity index (χ3n) is 4.00. The molecule has 0 bridgehead atoms. The second-order valence-electron chi connectivity index (χ2n) is 6.25. The van der Waals surface area contributed by atoms with Crippen LogP contribution in [-0.2, 0) is 31.1 Å². The summed E-state index contributed by atoms with van der Waals surface area (Å²) in [5.41, 5.74) is 6.60. The number of ether oxygens (including phenoxy) is 1. The van der Waals surface area contributed by atoms with E-state index < -0.39 is 24.0 Å². The standard InChI is InChI=1S/C15H17F3N4O.C2HF3O2/c1-21-8-11(14(20-21)15(16,17)18)9-22-4-5-23-13-6-10(7-19)2-3-12(13)22;3-2(4,5)1(6)7/h2-3,6,8H,4-5,7,9,19H2,1H3;(H,6,7). The summed E-state index contributed by atoms with van der Waals surface area (Å²) in [6.45, 7) is 1.45. The summed E-state index contributed by atoms with van der Waals surface area (Å²) < 4.78 is 77.8. The molecule has 1 aliphatic heterocycles. The highest BCUT2D eigenvalue weighted by Crippen LogP contribution is 2.36. The highest BCUT2D eigenvalue weighted by molar-refractivity contribution is 5.73. The number of aliphatic carboxylic acids is 1. The molecule has 3 rings (SSSR count). The van der Waals surface area contributed by atoms with Crippen LogP contribution in [0.25, 0.3) is 0 Å². The third-order valence-corrected chi connectivity index (χ3v) is 4.00. The number of halogens is 6. The number of nitrogens with zero attached hydrogens (tertiary/aromatic N) is 3. The highest BCUT2D eigenvalue weighted by atomic mass is 19.4. The average Bonchev–Trinajstić information content (AvgIpc) is 3.02. The topological polar surface area (TPSA) is 93.6 Å². The van der Waals surface area contributed by atoms with Gasteiger partial charge in [-0.15, -0.1) is 0 Å². The third kappa shape index (κ3) is 5.78. The van der Waals surface area contributed by atoms with Crippen molar-refractivity contribution in [1.29, 1.82) is 0 Å². The van der Waals surface area contributed by atoms with E-state index in [-0.39, 0.29) is 12.1 Å². The Morgan fingerprint density at radius 3 is 2.43 bits per heavy atom. The molecular formula is C17H18F6N4O3. The summed E-state index contributed by atoms with van der Waals surface area (Å²) in [7, 11) is 1.49. The van der Waals surface area contributed by atoms with Gasteiger partial charge in [0.2, 0.25) is 0 Å². The predicted molar refractivity (Wildman–Crippen MR) is 92.8 cm³/mol. The zero-order valence-corrected chi connectivity index (χ0v) is 15.6. The molecule has 7 nitrogen and oxygen atoms in total. The Kier molecular flexibility index (Phi) is 6.85. The molecule has 1 aromatic heterocycles. The quantitative estimate of drug-likeness (QED) is 0.713. The normalized spacial score (nSPS) is 13.8. The van der Waals surface area contributed by atoms with Gasteiger partial charge in [0.15, 0.2) is 5.69 Å². The van der Waals surface area contributed by atoms with E-state index in [1.165, 1.54) is 17.9 Å². The van der Waals surface area contributed by atoms with Gasteiger partial charge in [-0.1, -0.05) is 6.07 Å². The van der Waals surface area contributed by atoms with Crippen LogP contribution >= 0.6 is 0 Å². The zero-order chi connectivity index (χ0) is 22.7. The first-order valence-electron chi connectivity index (χ1n) is 8.43. The first-order chi connectivity index (χ1) is 13.8. The molecule has 0 saturated carbocycles. The number of carbonyl (C=O) groups is 1. The average molecular weight is 440 g/mol. The zero-order valence-electron chi connectivity index (χ0n) is 15.6. The summed E-state index contributed by atoms with van der Waals surface area (Å²) in [5.74, 6) is -2.11. The van der Waals surface area contributed by atoms with Gasteiger partial charge in [0.05, 0.1) is 12.2 Å². The number of nitrogens with two attached hydrogens (primary N) is 1. The summed E-state index contributed by atoms with van der Waals surface area (Å²) in [4.78, 5) is 10.8. The molecule has 1 aromatic carbocycles. The second kappa shape index (κ2) is 8.81. The number of hydrogen-bond acceptors (Lipinski definition) is 5. The lowest BCUT2D eigenvalue weighted by Gasteiger charge is -2.31. The fraction of sp³-hybridized carbons (Fsp3) is 0.412. The summed E-state index contributed by atoms with van der Waals surface area (Å²) in [6.07, 6.45) is -8.14. The first kappa shape index (κ1) is 23.3. The molecule has 2 heterocycles. The fourth-order valence-corrected chi connectivity index (χ4v) is 2.71. The van der Waals surface area contributed by atoms with Crippen LogP contribution in [0.4, 0.5) is 32.0 Å². The van der Waals surface area contributed by atoms with Gasteiger partial charge in [-0.3, -0.25) is 4.68 Å². The van der Waals surface area contributed by atoms with Crippen molar-refractivity contribution < 1.29 is 41.0 Å². The summed E-state index contributed by atoms with van der Waals surface area (Å²) in [5, 5.41) is 10.7. The Labute approximate surface area is 166 Å². The molecule has 30 heavy (non-hydrogen) atoms. The van der Waals surface area contributed by atoms with Crippen molar-refractivity contribution in [3.8, 4) is 5.75 Å². The molecule has 0 aliphatic carbocycles. The molecule has 166 valence electrons. The minimum atomic E-state index is -5.08. The van der Waals surface area contributed by atoms with Gasteiger partial charge in [-0.25, -0.2) is 4.79 Å². The maximum atomic E-state index is 13.1. The summed E-state index contributed by atoms with van der Waals surface area (Å²) >= 11 is 0. The first-order valence-corrected chi connectivity index (χ1v) is 8.43. The largest absolute Gasteiger partial charge is 0.490 e. The lowest BCUT2D eigenvalue weighted by molar-refractivity contribution is -0.192. The van der Waals surface area contributed by atoms with E-state index in [1.807, 2.05) is 23.1 Å². The predicted octanol–water partition coefficient (Wildman–Crippen LogP) is 2.93. The molecule has 0 fully saturated rings. The van der Waals surface area contributed by atoms with Crippen LogP contribution < -0.4 is 15.4 Å². The van der Waals surface area contributed by atoms with Gasteiger partial charge in [0.25, 0.3) is 0 Å². The molecule has 0 saturated heterocycles. The molecule has 3 N–H and O–H groups in total. The molecule has 0 atom stereocenters. The van der Waals surface area contributed by atoms with Crippen molar-refractivity contribution >= 4 is 11.7 Å². The van der Waals surface area contributed by atoms with E-state index in [9.17, 15) is 26.3 Å². The van der Waals surface area contributed by atoms with Crippen LogP contribution in [-0.4, -0.2) is 40.2 Å². The lowest BCUT2D eigenvalue weighted by atomic mass is 10.1. The van der Waals surface area contributed by atoms with E-state index >= 15 is 0 Å². The van der Waals surface area contributed by atoms with Gasteiger partial charge in [-0.2, -0.15) is 31.4 Å². The van der Waals surface area contributed by atoms with Crippen molar-refractivity contribution in [3.05, 3.63) is 41.2 Å². The van der Waals surface area contributed by atoms with Crippen LogP contribution in [0.1, 0.15) is 16.8 Å². The Balaban J connectivity index is 0.000000396. The maximum Gasteiger partial charge on any atom is 0.490 e. The maximum absolute atomic E-state index is 13.1. The van der Waals surface area contributed by atoms with Gasteiger partial charge in [-0.05, 0) is 17.7 Å². The van der Waals surface area contributed by atoms with Crippen LogP contribution in [0.15, 0.2) is 24.4 Å². The van der Waals surface area contributed by atoms with Crippen molar-refractivity contribution in [1.82, 2.24) is 9.78 Å². The molecule has 0 amide bonds. The number of alkyl halides is 6. The van der Waals surface area contributed by atoms with Gasteiger partial charge in [0.1, 0.15) is 12.4 Å². The summed E-state index contributed by atoms with van der Waals surface area (Å²) in [6, 6.07) is 5.52. The van der Waals surface area contributed by atoms with Crippen LogP contribution in [0, 0.1) is 0 Å². The molecule has 0 radical (unpaired) electrons. The number of aryl methyl sites for hydroxylation is 1. The smallest absolute Gasteiger partial charge is 0.490 e. The molecule has 2 aromatic rings. The van der Waals surface area contributed by atoms with Crippen molar-refractivity contribution in [3.63, 3.8) is 0 Å². The molecule has 13 heteroatoms. The van der Waals surface area contributed by atoms with E-state index in [2.05, 4.69) is 5.10 Å². The van der Waals surface area contributed by atoms with Gasteiger partial charge in [0, 0.05) is 31.9 Å². The fourth-order valence-electron chi connectivity index (χ4n) is 2.71. The lowest BCUT2D eigenvalue weighted by Crippen LogP contribution is -2.32. The Hall–Kier alpha value is -2.96. The Morgan fingerprint density at radius 1 is 1.27 bits per heavy atom. The van der Waals surface area contributed by atoms with E-state index in [4.69, 9.17) is 20.4 Å². The van der Waals surface area contributed by atoms with E-state index in [0.29, 0.717) is 25.4 Å². The Bertz CT molecular complexity index is 895. The number of carboxylic acid groups (broad SMARTS) is 1. The number of benzene rings is 1. The number of hydrogen-bond donors (Lipinski definition) is 2. The molecular weight excluding hydrogens is 422 g/mol. The van der Waals surface area contributed by atoms with Crippen molar-refractivity contribution in [2.24, 2.45) is 12.8 Å². The second-order valence-corrected chi connectivity index (χ2v) is 6.25. The molecule has 0 unspecified atom stereocenters. The number of fused-ring (bicyclic) bond motifs is 1. The monoisotopic (exact) mass is 440 g/mol. The van der Waals surface area contributed by atoms with E-state index in [1.54, 1.807) is 0 Å². The Morgan fingerprint density at radius 2 is 1.90 bits per heavy atom. The minimum Gasteiger partial charge on any atom is -0.490 e. The SMILES string of the molecule is Cn1cc(CN2CCOc3cc(CN)ccc32)c(C(F)(F)F)n1.O=C(O)C(F)(F)F. The molecule has 1 aliphatic rings. The highest BCUT2D eigenvalue weighted by Gasteiger charge is 2.38. The van der Waals surface area contributed by atoms with Gasteiger partial charge >= 0.3 is 18.3 Å². The number of anilines is 1. The number of carboxylic acids is 1. The number of rotatable bonds is 3. The van der Waals surface area contributed by atoms with Crippen molar-refractivity contribution in [2.45, 2.75) is 25.4 Å². The van der Waals surface area contributed by atoms with Crippen LogP contribution in [0.2, 0.25) is 0 Å². The minimum absolute atomic E-state index is 0.126. The van der Waals surface area contributed by atoms with Crippen molar-refractivity contribution in [2.75, 3.05) is 18.1 Å². The van der Waals surface area contributed by atoms with Gasteiger partial charge < -0.3 is 20.5 Å². The molecule has 0 spiro atoms. The number of aromatic nitrogens is 2. The van der Waals surface area contributed by atoms with Crippen LogP contribution in [0.5, 0.6) is 5.75 Å². The van der Waals surface area contributed by atoms with Crippen LogP contribution in [0.3, 0.4) is 0 Å². The van der Waals surface area contributed by atoms with E-state index in [0.717, 1.165) is 11.3 Å².